The van der Waals surface area contributed by atoms with Gasteiger partial charge in [0.05, 0.1) is 6.54 Å². The Morgan fingerprint density at radius 1 is 1.44 bits per heavy atom. The number of nitrogens with zero attached hydrogens (tertiary/aromatic N) is 2. The molecule has 0 saturated carbocycles. The Morgan fingerprint density at radius 3 is 2.88 bits per heavy atom. The first-order valence-electron chi connectivity index (χ1n) is 5.26. The van der Waals surface area contributed by atoms with Gasteiger partial charge in [-0.05, 0) is 24.6 Å². The number of alkyl halides is 2. The summed E-state index contributed by atoms with van der Waals surface area (Å²) in [7, 11) is 0. The zero-order valence-corrected chi connectivity index (χ0v) is 9.55. The SMILES string of the molecule is FC1(F)CCCN(Cc2ccc(Cl)nc2)C1. The van der Waals surface area contributed by atoms with Gasteiger partial charge >= 0.3 is 0 Å². The summed E-state index contributed by atoms with van der Waals surface area (Å²) in [6.07, 6.45) is 2.19. The highest BCUT2D eigenvalue weighted by Gasteiger charge is 2.34. The summed E-state index contributed by atoms with van der Waals surface area (Å²) in [5.74, 6) is -2.54. The van der Waals surface area contributed by atoms with Crippen LogP contribution < -0.4 is 0 Å². The Bertz CT molecular complexity index is 354. The van der Waals surface area contributed by atoms with Crippen molar-refractivity contribution < 1.29 is 8.78 Å². The average molecular weight is 247 g/mol. The summed E-state index contributed by atoms with van der Waals surface area (Å²) < 4.78 is 26.3. The van der Waals surface area contributed by atoms with Crippen molar-refractivity contribution in [3.05, 3.63) is 29.0 Å². The van der Waals surface area contributed by atoms with Crippen LogP contribution in [0.1, 0.15) is 18.4 Å². The highest BCUT2D eigenvalue weighted by atomic mass is 35.5. The van der Waals surface area contributed by atoms with Crippen LogP contribution in [0.5, 0.6) is 0 Å². The molecule has 0 N–H and O–H groups in total. The zero-order valence-electron chi connectivity index (χ0n) is 8.80. The van der Waals surface area contributed by atoms with Crippen molar-refractivity contribution in [3.8, 4) is 0 Å². The van der Waals surface area contributed by atoms with E-state index in [9.17, 15) is 8.78 Å². The van der Waals surface area contributed by atoms with E-state index in [1.807, 2.05) is 6.07 Å². The maximum absolute atomic E-state index is 13.1. The predicted molar refractivity (Wildman–Crippen MR) is 58.7 cm³/mol. The summed E-state index contributed by atoms with van der Waals surface area (Å²) >= 11 is 5.66. The van der Waals surface area contributed by atoms with Crippen LogP contribution >= 0.6 is 11.6 Å². The van der Waals surface area contributed by atoms with Crippen molar-refractivity contribution in [2.75, 3.05) is 13.1 Å². The van der Waals surface area contributed by atoms with Gasteiger partial charge < -0.3 is 0 Å². The van der Waals surface area contributed by atoms with Gasteiger partial charge in [-0.2, -0.15) is 0 Å². The molecule has 0 aromatic carbocycles. The molecular formula is C11H13ClF2N2. The lowest BCUT2D eigenvalue weighted by molar-refractivity contribution is -0.0661. The molecule has 1 fully saturated rings. The Balaban J connectivity index is 1.97. The Kier molecular flexibility index (Phi) is 3.40. The molecule has 0 unspecified atom stereocenters. The molecular weight excluding hydrogens is 234 g/mol. The molecule has 2 rings (SSSR count). The quantitative estimate of drug-likeness (QED) is 0.746. The fourth-order valence-electron chi connectivity index (χ4n) is 1.94. The zero-order chi connectivity index (χ0) is 11.6. The molecule has 16 heavy (non-hydrogen) atoms. The van der Waals surface area contributed by atoms with Gasteiger partial charge in [-0.15, -0.1) is 0 Å². The number of halogens is 3. The molecule has 0 atom stereocenters. The second kappa shape index (κ2) is 4.63. The smallest absolute Gasteiger partial charge is 0.260 e. The van der Waals surface area contributed by atoms with Crippen molar-refractivity contribution in [3.63, 3.8) is 0 Å². The average Bonchev–Trinajstić information content (AvgIpc) is 2.20. The van der Waals surface area contributed by atoms with E-state index in [0.717, 1.165) is 12.1 Å². The van der Waals surface area contributed by atoms with E-state index < -0.39 is 5.92 Å². The maximum atomic E-state index is 13.1. The van der Waals surface area contributed by atoms with Gasteiger partial charge in [0, 0.05) is 19.2 Å². The number of hydrogen-bond donors (Lipinski definition) is 0. The van der Waals surface area contributed by atoms with Gasteiger partial charge in [0.2, 0.25) is 0 Å². The van der Waals surface area contributed by atoms with E-state index in [-0.39, 0.29) is 13.0 Å². The standard InChI is InChI=1S/C11H13ClF2N2/c12-10-3-2-9(6-15-10)7-16-5-1-4-11(13,14)8-16/h2-3,6H,1,4-5,7-8H2. The van der Waals surface area contributed by atoms with Crippen LogP contribution in [0.3, 0.4) is 0 Å². The molecule has 0 spiro atoms. The highest BCUT2D eigenvalue weighted by molar-refractivity contribution is 6.29. The molecule has 5 heteroatoms. The normalized spacial score (nSPS) is 20.9. The molecule has 88 valence electrons. The van der Waals surface area contributed by atoms with Gasteiger partial charge in [0.1, 0.15) is 5.15 Å². The third-order valence-corrected chi connectivity index (χ3v) is 2.89. The molecule has 0 aliphatic carbocycles. The lowest BCUT2D eigenvalue weighted by atomic mass is 10.1. The number of likely N-dealkylation sites (tertiary alicyclic amines) is 1. The Hall–Kier alpha value is -0.740. The number of rotatable bonds is 2. The number of hydrogen-bond acceptors (Lipinski definition) is 2. The van der Waals surface area contributed by atoms with Gasteiger partial charge in [-0.3, -0.25) is 4.90 Å². The first-order valence-corrected chi connectivity index (χ1v) is 5.64. The van der Waals surface area contributed by atoms with Gasteiger partial charge in [-0.1, -0.05) is 17.7 Å². The van der Waals surface area contributed by atoms with Crippen molar-refractivity contribution >= 4 is 11.6 Å². The lowest BCUT2D eigenvalue weighted by Crippen LogP contribution is -2.42. The van der Waals surface area contributed by atoms with Gasteiger partial charge in [0.15, 0.2) is 0 Å². The van der Waals surface area contributed by atoms with Crippen molar-refractivity contribution in [1.29, 1.82) is 0 Å². The van der Waals surface area contributed by atoms with E-state index in [2.05, 4.69) is 4.98 Å². The van der Waals surface area contributed by atoms with Crippen molar-refractivity contribution in [2.24, 2.45) is 0 Å². The molecule has 1 aromatic heterocycles. The topological polar surface area (TPSA) is 16.1 Å². The van der Waals surface area contributed by atoms with Crippen molar-refractivity contribution in [2.45, 2.75) is 25.3 Å². The van der Waals surface area contributed by atoms with Crippen LogP contribution in [0.4, 0.5) is 8.78 Å². The van der Waals surface area contributed by atoms with E-state index in [4.69, 9.17) is 11.6 Å². The summed E-state index contributed by atoms with van der Waals surface area (Å²) in [4.78, 5) is 5.69. The van der Waals surface area contributed by atoms with Gasteiger partial charge in [-0.25, -0.2) is 13.8 Å². The first-order chi connectivity index (χ1) is 7.55. The van der Waals surface area contributed by atoms with Crippen LogP contribution in [-0.4, -0.2) is 28.9 Å². The summed E-state index contributed by atoms with van der Waals surface area (Å²) in [5.41, 5.74) is 0.919. The van der Waals surface area contributed by atoms with E-state index in [1.54, 1.807) is 17.2 Å². The van der Waals surface area contributed by atoms with E-state index in [0.29, 0.717) is 18.1 Å². The number of pyridine rings is 1. The number of piperidine rings is 1. The van der Waals surface area contributed by atoms with Crippen LogP contribution in [0.2, 0.25) is 5.15 Å². The van der Waals surface area contributed by atoms with Crippen LogP contribution in [-0.2, 0) is 6.54 Å². The molecule has 0 amide bonds. The second-order valence-electron chi connectivity index (χ2n) is 4.16. The Labute approximate surface area is 98.2 Å². The minimum Gasteiger partial charge on any atom is -0.293 e. The third kappa shape index (κ3) is 3.12. The predicted octanol–water partition coefficient (Wildman–Crippen LogP) is 2.97. The molecule has 0 radical (unpaired) electrons. The maximum Gasteiger partial charge on any atom is 0.260 e. The highest BCUT2D eigenvalue weighted by Crippen LogP contribution is 2.27. The first kappa shape index (κ1) is 11.7. The second-order valence-corrected chi connectivity index (χ2v) is 4.55. The largest absolute Gasteiger partial charge is 0.293 e. The van der Waals surface area contributed by atoms with Crippen LogP contribution in [0.15, 0.2) is 18.3 Å². The summed E-state index contributed by atoms with van der Waals surface area (Å²) in [5, 5.41) is 0.424. The Morgan fingerprint density at radius 2 is 2.25 bits per heavy atom. The summed E-state index contributed by atoms with van der Waals surface area (Å²) in [6.45, 7) is 1.08. The molecule has 2 nitrogen and oxygen atoms in total. The van der Waals surface area contributed by atoms with Crippen LogP contribution in [0, 0.1) is 0 Å². The summed E-state index contributed by atoms with van der Waals surface area (Å²) in [6, 6.07) is 3.50. The van der Waals surface area contributed by atoms with Gasteiger partial charge in [0.25, 0.3) is 5.92 Å². The van der Waals surface area contributed by atoms with E-state index >= 15 is 0 Å². The molecule has 0 bridgehead atoms. The minimum atomic E-state index is -2.54. The monoisotopic (exact) mass is 246 g/mol. The molecule has 1 aromatic rings. The molecule has 1 aliphatic heterocycles. The third-order valence-electron chi connectivity index (χ3n) is 2.67. The lowest BCUT2D eigenvalue weighted by Gasteiger charge is -2.32. The molecule has 1 saturated heterocycles. The van der Waals surface area contributed by atoms with Crippen molar-refractivity contribution in [1.82, 2.24) is 9.88 Å². The minimum absolute atomic E-state index is 0.00235. The van der Waals surface area contributed by atoms with Crippen LogP contribution in [0.25, 0.3) is 0 Å². The molecule has 2 heterocycles. The fraction of sp³-hybridized carbons (Fsp3) is 0.545. The fourth-order valence-corrected chi connectivity index (χ4v) is 2.05. The number of aromatic nitrogens is 1. The molecule has 1 aliphatic rings. The van der Waals surface area contributed by atoms with E-state index in [1.165, 1.54) is 0 Å².